The number of non-ortho nitro benzene ring substituents is 1. The molecule has 0 heterocycles. The maximum absolute atomic E-state index is 10.6. The highest BCUT2D eigenvalue weighted by Crippen LogP contribution is 2.20. The number of benzene rings is 2. The molecule has 0 fully saturated rings. The molecule has 2 aromatic carbocycles. The van der Waals surface area contributed by atoms with Crippen molar-refractivity contribution >= 4 is 5.69 Å². The summed E-state index contributed by atoms with van der Waals surface area (Å²) in [5, 5.41) is 13.7. The minimum Gasteiger partial charge on any atom is -0.489 e. The van der Waals surface area contributed by atoms with Crippen LogP contribution in [-0.2, 0) is 13.2 Å². The number of para-hydroxylation sites is 1. The van der Waals surface area contributed by atoms with E-state index in [9.17, 15) is 10.1 Å². The maximum atomic E-state index is 10.6. The van der Waals surface area contributed by atoms with Gasteiger partial charge in [0.2, 0.25) is 0 Å². The number of rotatable bonds is 6. The van der Waals surface area contributed by atoms with E-state index in [2.05, 4.69) is 5.32 Å². The Morgan fingerprint density at radius 2 is 1.85 bits per heavy atom. The van der Waals surface area contributed by atoms with Gasteiger partial charge in [-0.3, -0.25) is 10.1 Å². The van der Waals surface area contributed by atoms with E-state index in [1.807, 2.05) is 31.3 Å². The van der Waals surface area contributed by atoms with Crippen molar-refractivity contribution in [3.63, 3.8) is 0 Å². The number of hydrogen-bond donors (Lipinski definition) is 1. The van der Waals surface area contributed by atoms with Gasteiger partial charge in [-0.2, -0.15) is 0 Å². The Morgan fingerprint density at radius 1 is 1.15 bits per heavy atom. The topological polar surface area (TPSA) is 64.4 Å². The lowest BCUT2D eigenvalue weighted by Crippen LogP contribution is -2.07. The van der Waals surface area contributed by atoms with Crippen molar-refractivity contribution in [3.8, 4) is 5.75 Å². The van der Waals surface area contributed by atoms with Gasteiger partial charge in [-0.25, -0.2) is 0 Å². The summed E-state index contributed by atoms with van der Waals surface area (Å²) < 4.78 is 5.77. The van der Waals surface area contributed by atoms with Crippen LogP contribution in [0.1, 0.15) is 11.1 Å². The standard InChI is InChI=1S/C15H16N2O3/c1-16-10-13-4-2-3-5-15(13)20-11-12-6-8-14(9-7-12)17(18)19/h2-9,16H,10-11H2,1H3. The first-order valence-corrected chi connectivity index (χ1v) is 6.29. The molecule has 2 aromatic rings. The van der Waals surface area contributed by atoms with Gasteiger partial charge in [0.1, 0.15) is 12.4 Å². The fourth-order valence-corrected chi connectivity index (χ4v) is 1.86. The van der Waals surface area contributed by atoms with Crippen LogP contribution in [0.3, 0.4) is 0 Å². The number of nitrogens with zero attached hydrogens (tertiary/aromatic N) is 1. The van der Waals surface area contributed by atoms with Gasteiger partial charge in [-0.15, -0.1) is 0 Å². The van der Waals surface area contributed by atoms with E-state index in [0.717, 1.165) is 23.4 Å². The van der Waals surface area contributed by atoms with Gasteiger partial charge < -0.3 is 10.1 Å². The molecule has 0 aliphatic rings. The first-order chi connectivity index (χ1) is 9.70. The summed E-state index contributed by atoms with van der Waals surface area (Å²) in [5.41, 5.74) is 2.07. The summed E-state index contributed by atoms with van der Waals surface area (Å²) in [6.07, 6.45) is 0. The molecule has 0 spiro atoms. The third-order valence-electron chi connectivity index (χ3n) is 2.88. The zero-order valence-corrected chi connectivity index (χ0v) is 11.2. The third kappa shape index (κ3) is 3.55. The molecule has 0 radical (unpaired) electrons. The van der Waals surface area contributed by atoms with Crippen molar-refractivity contribution in [2.24, 2.45) is 0 Å². The SMILES string of the molecule is CNCc1ccccc1OCc1ccc([N+](=O)[O-])cc1. The van der Waals surface area contributed by atoms with Crippen LogP contribution in [0.15, 0.2) is 48.5 Å². The largest absolute Gasteiger partial charge is 0.489 e. The minimum atomic E-state index is -0.410. The molecule has 20 heavy (non-hydrogen) atoms. The maximum Gasteiger partial charge on any atom is 0.269 e. The van der Waals surface area contributed by atoms with Crippen LogP contribution in [-0.4, -0.2) is 12.0 Å². The van der Waals surface area contributed by atoms with Crippen LogP contribution in [0, 0.1) is 10.1 Å². The van der Waals surface area contributed by atoms with E-state index >= 15 is 0 Å². The van der Waals surface area contributed by atoms with Gasteiger partial charge >= 0.3 is 0 Å². The average Bonchev–Trinajstić information content (AvgIpc) is 2.47. The number of nitro groups is 1. The molecule has 0 aliphatic heterocycles. The minimum absolute atomic E-state index is 0.0873. The van der Waals surface area contributed by atoms with Gasteiger partial charge in [-0.1, -0.05) is 18.2 Å². The Kier molecular flexibility index (Phi) is 4.68. The zero-order chi connectivity index (χ0) is 14.4. The summed E-state index contributed by atoms with van der Waals surface area (Å²) in [4.78, 5) is 10.2. The molecule has 104 valence electrons. The van der Waals surface area contributed by atoms with Crippen molar-refractivity contribution < 1.29 is 9.66 Å². The molecular formula is C15H16N2O3. The van der Waals surface area contributed by atoms with E-state index in [1.165, 1.54) is 12.1 Å². The van der Waals surface area contributed by atoms with E-state index in [4.69, 9.17) is 4.74 Å². The lowest BCUT2D eigenvalue weighted by atomic mass is 10.2. The lowest BCUT2D eigenvalue weighted by Gasteiger charge is -2.11. The molecule has 0 aromatic heterocycles. The molecular weight excluding hydrogens is 256 g/mol. The van der Waals surface area contributed by atoms with Gasteiger partial charge in [0, 0.05) is 24.2 Å². The molecule has 1 N–H and O–H groups in total. The fourth-order valence-electron chi connectivity index (χ4n) is 1.86. The summed E-state index contributed by atoms with van der Waals surface area (Å²) in [6.45, 7) is 1.12. The molecule has 2 rings (SSSR count). The van der Waals surface area contributed by atoms with Crippen molar-refractivity contribution in [3.05, 3.63) is 69.8 Å². The molecule has 0 unspecified atom stereocenters. The van der Waals surface area contributed by atoms with Gasteiger partial charge in [0.15, 0.2) is 0 Å². The second-order valence-electron chi connectivity index (χ2n) is 4.35. The van der Waals surface area contributed by atoms with Gasteiger partial charge in [-0.05, 0) is 30.8 Å². The Morgan fingerprint density at radius 3 is 2.50 bits per heavy atom. The third-order valence-corrected chi connectivity index (χ3v) is 2.88. The van der Waals surface area contributed by atoms with Crippen molar-refractivity contribution in [2.75, 3.05) is 7.05 Å². The predicted octanol–water partition coefficient (Wildman–Crippen LogP) is 2.89. The van der Waals surface area contributed by atoms with Crippen LogP contribution in [0.25, 0.3) is 0 Å². The second-order valence-corrected chi connectivity index (χ2v) is 4.35. The Bertz CT molecular complexity index is 582. The molecule has 0 saturated heterocycles. The summed E-state index contributed by atoms with van der Waals surface area (Å²) in [5.74, 6) is 0.820. The fraction of sp³-hybridized carbons (Fsp3) is 0.200. The molecule has 0 amide bonds. The molecule has 0 bridgehead atoms. The predicted molar refractivity (Wildman–Crippen MR) is 76.6 cm³/mol. The Hall–Kier alpha value is -2.40. The van der Waals surface area contributed by atoms with E-state index in [-0.39, 0.29) is 5.69 Å². The van der Waals surface area contributed by atoms with Gasteiger partial charge in [0.25, 0.3) is 5.69 Å². The Balaban J connectivity index is 2.03. The highest BCUT2D eigenvalue weighted by Gasteiger charge is 2.05. The average molecular weight is 272 g/mol. The smallest absolute Gasteiger partial charge is 0.269 e. The molecule has 5 heteroatoms. The highest BCUT2D eigenvalue weighted by atomic mass is 16.6. The van der Waals surface area contributed by atoms with Crippen LogP contribution in [0.4, 0.5) is 5.69 Å². The summed E-state index contributed by atoms with van der Waals surface area (Å²) in [6, 6.07) is 14.2. The molecule has 0 aliphatic carbocycles. The normalized spacial score (nSPS) is 10.2. The highest BCUT2D eigenvalue weighted by molar-refractivity contribution is 5.35. The van der Waals surface area contributed by atoms with Crippen molar-refractivity contribution in [2.45, 2.75) is 13.2 Å². The molecule has 0 saturated carbocycles. The molecule has 5 nitrogen and oxygen atoms in total. The van der Waals surface area contributed by atoms with Crippen LogP contribution < -0.4 is 10.1 Å². The number of nitrogens with one attached hydrogen (secondary N) is 1. The second kappa shape index (κ2) is 6.68. The number of hydrogen-bond acceptors (Lipinski definition) is 4. The number of ether oxygens (including phenoxy) is 1. The van der Waals surface area contributed by atoms with Gasteiger partial charge in [0.05, 0.1) is 4.92 Å². The Labute approximate surface area is 117 Å². The first kappa shape index (κ1) is 14.0. The first-order valence-electron chi connectivity index (χ1n) is 6.29. The summed E-state index contributed by atoms with van der Waals surface area (Å²) in [7, 11) is 1.88. The van der Waals surface area contributed by atoms with E-state index in [1.54, 1.807) is 12.1 Å². The number of nitro benzene ring substituents is 1. The summed E-state index contributed by atoms with van der Waals surface area (Å²) >= 11 is 0. The van der Waals surface area contributed by atoms with E-state index in [0.29, 0.717) is 6.61 Å². The quantitative estimate of drug-likeness (QED) is 0.648. The van der Waals surface area contributed by atoms with Crippen molar-refractivity contribution in [1.82, 2.24) is 5.32 Å². The zero-order valence-electron chi connectivity index (χ0n) is 11.2. The lowest BCUT2D eigenvalue weighted by molar-refractivity contribution is -0.384. The van der Waals surface area contributed by atoms with Crippen LogP contribution in [0.2, 0.25) is 0 Å². The molecule has 0 atom stereocenters. The van der Waals surface area contributed by atoms with Crippen molar-refractivity contribution in [1.29, 1.82) is 0 Å². The monoisotopic (exact) mass is 272 g/mol. The van der Waals surface area contributed by atoms with Crippen LogP contribution >= 0.6 is 0 Å². The van der Waals surface area contributed by atoms with Crippen LogP contribution in [0.5, 0.6) is 5.75 Å². The van der Waals surface area contributed by atoms with E-state index < -0.39 is 4.92 Å².